The molecule has 2 aromatic rings. The van der Waals surface area contributed by atoms with E-state index < -0.39 is 6.36 Å². The van der Waals surface area contributed by atoms with E-state index in [-0.39, 0.29) is 17.7 Å². The van der Waals surface area contributed by atoms with Crippen molar-refractivity contribution in [1.29, 1.82) is 0 Å². The number of hydrogen-bond donors (Lipinski definition) is 2. The van der Waals surface area contributed by atoms with Gasteiger partial charge in [-0.05, 0) is 48.2 Å². The Morgan fingerprint density at radius 1 is 1.15 bits per heavy atom. The number of hydrogen-bond acceptors (Lipinski definition) is 3. The number of ether oxygens (including phenoxy) is 1. The summed E-state index contributed by atoms with van der Waals surface area (Å²) in [4.78, 5) is 0. The highest BCUT2D eigenvalue weighted by Gasteiger charge is 2.37. The van der Waals surface area contributed by atoms with Crippen LogP contribution in [0.1, 0.15) is 34.7 Å². The third-order valence-corrected chi connectivity index (χ3v) is 4.87. The van der Waals surface area contributed by atoms with Gasteiger partial charge in [0.1, 0.15) is 5.75 Å². The molecule has 0 aromatic heterocycles. The molecule has 1 aliphatic carbocycles. The van der Waals surface area contributed by atoms with E-state index in [9.17, 15) is 13.2 Å². The lowest BCUT2D eigenvalue weighted by molar-refractivity contribution is -0.274. The van der Waals surface area contributed by atoms with Crippen LogP contribution in [-0.2, 0) is 6.42 Å². The highest BCUT2D eigenvalue weighted by Crippen LogP contribution is 2.38. The first-order chi connectivity index (χ1) is 12.4. The molecular formula is C19H17F3N3O+. The molecule has 2 aromatic carbocycles. The Labute approximate surface area is 148 Å². The number of fused-ring (bicyclic) bond motifs is 3. The van der Waals surface area contributed by atoms with Crippen molar-refractivity contribution in [3.8, 4) is 5.75 Å². The van der Waals surface area contributed by atoms with E-state index in [4.69, 9.17) is 5.41 Å². The molecule has 0 amide bonds. The van der Waals surface area contributed by atoms with Gasteiger partial charge in [-0.1, -0.05) is 18.2 Å². The summed E-state index contributed by atoms with van der Waals surface area (Å²) in [6, 6.07) is 12.0. The Kier molecular flexibility index (Phi) is 3.94. The zero-order valence-electron chi connectivity index (χ0n) is 13.8. The van der Waals surface area contributed by atoms with Gasteiger partial charge in [0.15, 0.2) is 6.21 Å². The van der Waals surface area contributed by atoms with Gasteiger partial charge in [0.25, 0.3) is 0 Å². The molecule has 3 N–H and O–H groups in total. The summed E-state index contributed by atoms with van der Waals surface area (Å²) in [5.41, 5.74) is 8.33. The van der Waals surface area contributed by atoms with Crippen molar-refractivity contribution in [3.63, 3.8) is 0 Å². The Balaban J connectivity index is 1.56. The summed E-state index contributed by atoms with van der Waals surface area (Å²) in [5, 5.41) is 10.1. The number of halogens is 3. The van der Waals surface area contributed by atoms with Crippen molar-refractivity contribution in [2.45, 2.75) is 25.2 Å². The van der Waals surface area contributed by atoms with Crippen LogP contribution in [0.15, 0.2) is 47.6 Å². The highest BCUT2D eigenvalue weighted by molar-refractivity contribution is 6.06. The molecule has 7 heteroatoms. The standard InChI is InChI=1S/C19H16F3N3O/c20-19(21,22)26-14-5-2-12(3-6-14)17-16-8-4-13-9-11(10-23)1-7-15(13)18(16)25-24-17/h1-3,5-7,9-10,16-17,23-24H,4,8H2/p+1. The van der Waals surface area contributed by atoms with Gasteiger partial charge in [-0.25, -0.2) is 0 Å². The normalized spacial score (nSPS) is 21.3. The molecule has 0 bridgehead atoms. The molecular weight excluding hydrogens is 343 g/mol. The largest absolute Gasteiger partial charge is 0.573 e. The molecule has 0 spiro atoms. The number of nitrogens with two attached hydrogens (primary N) is 1. The zero-order chi connectivity index (χ0) is 18.3. The lowest BCUT2D eigenvalue weighted by atomic mass is 9.77. The van der Waals surface area contributed by atoms with E-state index in [1.165, 1.54) is 17.7 Å². The van der Waals surface area contributed by atoms with Crippen LogP contribution >= 0.6 is 0 Å². The number of nitrogens with one attached hydrogen (secondary N) is 1. The Bertz CT molecular complexity index is 875. The van der Waals surface area contributed by atoms with E-state index in [0.29, 0.717) is 0 Å². The Morgan fingerprint density at radius 2 is 1.92 bits per heavy atom. The summed E-state index contributed by atoms with van der Waals surface area (Å²) in [5.74, 6) is -0.0375. The quantitative estimate of drug-likeness (QED) is 0.826. The maximum absolute atomic E-state index is 12.3. The van der Waals surface area contributed by atoms with E-state index in [1.54, 1.807) is 18.3 Å². The fourth-order valence-electron chi connectivity index (χ4n) is 3.70. The van der Waals surface area contributed by atoms with E-state index in [1.807, 2.05) is 12.1 Å². The fraction of sp³-hybridized carbons (Fsp3) is 0.263. The number of nitrogens with zero attached hydrogens (tertiary/aromatic N) is 1. The van der Waals surface area contributed by atoms with Crippen LogP contribution in [0.25, 0.3) is 0 Å². The predicted molar refractivity (Wildman–Crippen MR) is 90.9 cm³/mol. The minimum absolute atomic E-state index is 0.0566. The molecule has 2 atom stereocenters. The van der Waals surface area contributed by atoms with Gasteiger partial charge >= 0.3 is 6.36 Å². The van der Waals surface area contributed by atoms with Gasteiger partial charge in [0.05, 0.1) is 11.8 Å². The third kappa shape index (κ3) is 3.05. The first-order valence-corrected chi connectivity index (χ1v) is 8.31. The predicted octanol–water partition coefficient (Wildman–Crippen LogP) is 2.37. The summed E-state index contributed by atoms with van der Waals surface area (Å²) in [6.45, 7) is 0. The molecule has 0 saturated heterocycles. The lowest BCUT2D eigenvalue weighted by Crippen LogP contribution is -2.30. The lowest BCUT2D eigenvalue weighted by Gasteiger charge is -2.26. The number of rotatable bonds is 3. The van der Waals surface area contributed by atoms with Gasteiger partial charge in [-0.3, -0.25) is 5.41 Å². The van der Waals surface area contributed by atoms with Crippen molar-refractivity contribution in [3.05, 3.63) is 64.7 Å². The van der Waals surface area contributed by atoms with Crippen LogP contribution in [0.3, 0.4) is 0 Å². The number of benzene rings is 2. The van der Waals surface area contributed by atoms with Gasteiger partial charge < -0.3 is 10.2 Å². The first kappa shape index (κ1) is 16.6. The number of alkyl halides is 3. The van der Waals surface area contributed by atoms with Crippen molar-refractivity contribution < 1.29 is 23.3 Å². The average Bonchev–Trinajstić information content (AvgIpc) is 3.05. The van der Waals surface area contributed by atoms with Gasteiger partial charge in [-0.2, -0.15) is 5.10 Å². The summed E-state index contributed by atoms with van der Waals surface area (Å²) in [6.07, 6.45) is -1.28. The maximum atomic E-state index is 12.3. The number of aryl methyl sites for hydroxylation is 1. The molecule has 0 saturated carbocycles. The van der Waals surface area contributed by atoms with Gasteiger partial charge in [0, 0.05) is 17.0 Å². The molecule has 2 unspecified atom stereocenters. The average molecular weight is 360 g/mol. The SMILES string of the molecule is [NH2+]=Cc1ccc2c(c1)CCC1C2=NNC1c1ccc(OC(F)(F)F)cc1. The highest BCUT2D eigenvalue weighted by atomic mass is 19.4. The van der Waals surface area contributed by atoms with E-state index in [2.05, 4.69) is 21.3 Å². The van der Waals surface area contributed by atoms with Crippen molar-refractivity contribution in [2.75, 3.05) is 0 Å². The summed E-state index contributed by atoms with van der Waals surface area (Å²) in [7, 11) is 0. The van der Waals surface area contributed by atoms with Crippen LogP contribution in [0, 0.1) is 5.92 Å². The number of hydrazone groups is 1. The second-order valence-corrected chi connectivity index (χ2v) is 6.45. The summed E-state index contributed by atoms with van der Waals surface area (Å²) >= 11 is 0. The Morgan fingerprint density at radius 3 is 2.62 bits per heavy atom. The molecule has 1 heterocycles. The Hall–Kier alpha value is -2.83. The van der Waals surface area contributed by atoms with Crippen LogP contribution < -0.4 is 15.6 Å². The van der Waals surface area contributed by atoms with Crippen molar-refractivity contribution >= 4 is 11.9 Å². The van der Waals surface area contributed by atoms with Crippen LogP contribution in [0.2, 0.25) is 0 Å². The molecule has 2 aliphatic rings. The molecule has 4 rings (SSSR count). The zero-order valence-corrected chi connectivity index (χ0v) is 13.8. The maximum Gasteiger partial charge on any atom is 0.573 e. The second kappa shape index (κ2) is 6.16. The van der Waals surface area contributed by atoms with E-state index >= 15 is 0 Å². The monoisotopic (exact) mass is 360 g/mol. The van der Waals surface area contributed by atoms with E-state index in [0.717, 1.165) is 35.2 Å². The minimum Gasteiger partial charge on any atom is -0.406 e. The van der Waals surface area contributed by atoms with Gasteiger partial charge in [-0.15, -0.1) is 13.2 Å². The fourth-order valence-corrected chi connectivity index (χ4v) is 3.70. The molecule has 26 heavy (non-hydrogen) atoms. The van der Waals surface area contributed by atoms with Crippen molar-refractivity contribution in [2.24, 2.45) is 11.0 Å². The minimum atomic E-state index is -4.68. The van der Waals surface area contributed by atoms with Gasteiger partial charge in [0.2, 0.25) is 0 Å². The van der Waals surface area contributed by atoms with Crippen LogP contribution in [0.5, 0.6) is 5.75 Å². The summed E-state index contributed by atoms with van der Waals surface area (Å²) < 4.78 is 40.8. The topological polar surface area (TPSA) is 59.2 Å². The second-order valence-electron chi connectivity index (χ2n) is 6.45. The van der Waals surface area contributed by atoms with Crippen LogP contribution in [-0.4, -0.2) is 18.3 Å². The smallest absolute Gasteiger partial charge is 0.406 e. The molecule has 4 nitrogen and oxygen atoms in total. The molecule has 1 aliphatic heterocycles. The van der Waals surface area contributed by atoms with Crippen LogP contribution in [0.4, 0.5) is 13.2 Å². The third-order valence-electron chi connectivity index (χ3n) is 4.87. The first-order valence-electron chi connectivity index (χ1n) is 8.31. The molecule has 0 fully saturated rings. The molecule has 0 radical (unpaired) electrons. The molecule has 134 valence electrons. The van der Waals surface area contributed by atoms with Crippen molar-refractivity contribution in [1.82, 2.24) is 5.43 Å².